The summed E-state index contributed by atoms with van der Waals surface area (Å²) in [5.41, 5.74) is 8.57. The molecule has 0 amide bonds. The Morgan fingerprint density at radius 2 is 1.66 bits per heavy atom. The van der Waals surface area contributed by atoms with E-state index in [9.17, 15) is 4.79 Å². The predicted molar refractivity (Wildman–Crippen MR) is 116 cm³/mol. The fraction of sp³-hybridized carbons (Fsp3) is 0.192. The van der Waals surface area contributed by atoms with Crippen LogP contribution in [-0.4, -0.2) is 11.0 Å². The van der Waals surface area contributed by atoms with E-state index in [-0.39, 0.29) is 12.6 Å². The second-order valence-corrected chi connectivity index (χ2v) is 7.31. The molecule has 0 unspecified atom stereocenters. The van der Waals surface area contributed by atoms with E-state index < -0.39 is 0 Å². The van der Waals surface area contributed by atoms with Crippen LogP contribution in [0.25, 0.3) is 11.1 Å². The Bertz CT molecular complexity index is 1090. The van der Waals surface area contributed by atoms with Crippen LogP contribution in [0.5, 0.6) is 0 Å². The molecule has 1 aromatic heterocycles. The van der Waals surface area contributed by atoms with Crippen LogP contribution < -0.4 is 0 Å². The lowest BCUT2D eigenvalue weighted by molar-refractivity contribution is 0.0465. The Morgan fingerprint density at radius 3 is 2.41 bits per heavy atom. The first kappa shape index (κ1) is 19.0. The van der Waals surface area contributed by atoms with Gasteiger partial charge in [-0.2, -0.15) is 0 Å². The zero-order valence-corrected chi connectivity index (χ0v) is 16.9. The van der Waals surface area contributed by atoms with Gasteiger partial charge in [0.25, 0.3) is 0 Å². The van der Waals surface area contributed by atoms with Gasteiger partial charge >= 0.3 is 5.97 Å². The molecule has 4 rings (SSSR count). The molecule has 0 bridgehead atoms. The molecule has 1 N–H and O–H groups in total. The number of carbonyl (C=O) groups excluding carboxylic acids is 1. The third kappa shape index (κ3) is 3.95. The van der Waals surface area contributed by atoms with Gasteiger partial charge in [0.1, 0.15) is 12.3 Å². The van der Waals surface area contributed by atoms with Gasteiger partial charge in [-0.05, 0) is 46.7 Å². The molecule has 2 aliphatic carbocycles. The van der Waals surface area contributed by atoms with E-state index in [4.69, 9.17) is 4.74 Å². The van der Waals surface area contributed by atoms with Crippen molar-refractivity contribution in [3.05, 3.63) is 106 Å². The number of carbonyl (C=O) groups is 1. The summed E-state index contributed by atoms with van der Waals surface area (Å²) in [5.74, 6) is -0.300. The van der Waals surface area contributed by atoms with Crippen LogP contribution >= 0.6 is 0 Å². The lowest BCUT2D eigenvalue weighted by Crippen LogP contribution is -2.07. The minimum Gasteiger partial charge on any atom is -0.456 e. The number of fused-ring (bicyclic) bond motifs is 1. The minimum atomic E-state index is -0.300. The standard InChI is InChI=1S/C26H25NO2/c1-3-22-18(2)25(26(28)29-17-19-10-6-4-7-11-19)27-24(22)16-21-15-14-20-12-8-5-9-13-23(20)21/h4-15,27H,3,16-17H2,1-2H3. The van der Waals surface area contributed by atoms with E-state index in [2.05, 4.69) is 48.3 Å². The van der Waals surface area contributed by atoms with E-state index in [0.717, 1.165) is 29.7 Å². The lowest BCUT2D eigenvalue weighted by atomic mass is 10.0. The van der Waals surface area contributed by atoms with E-state index in [1.165, 1.54) is 22.3 Å². The maximum atomic E-state index is 12.7. The first-order valence-corrected chi connectivity index (χ1v) is 10.1. The summed E-state index contributed by atoms with van der Waals surface area (Å²) in [6.45, 7) is 4.40. The summed E-state index contributed by atoms with van der Waals surface area (Å²) in [6.07, 6.45) is 1.64. The van der Waals surface area contributed by atoms with Crippen LogP contribution in [0.3, 0.4) is 0 Å². The number of rotatable bonds is 6. The highest BCUT2D eigenvalue weighted by Gasteiger charge is 2.20. The number of ether oxygens (including phenoxy) is 1. The van der Waals surface area contributed by atoms with Crippen molar-refractivity contribution in [3.8, 4) is 11.1 Å². The number of hydrogen-bond acceptors (Lipinski definition) is 2. The predicted octanol–water partition coefficient (Wildman–Crippen LogP) is 5.94. The van der Waals surface area contributed by atoms with E-state index in [1.807, 2.05) is 43.3 Å². The Kier molecular flexibility index (Phi) is 5.48. The third-order valence-electron chi connectivity index (χ3n) is 5.49. The molecule has 0 saturated carbocycles. The van der Waals surface area contributed by atoms with Gasteiger partial charge in [-0.1, -0.05) is 79.7 Å². The zero-order chi connectivity index (χ0) is 20.2. The molecule has 3 nitrogen and oxygen atoms in total. The molecule has 0 radical (unpaired) electrons. The van der Waals surface area contributed by atoms with E-state index in [0.29, 0.717) is 5.69 Å². The van der Waals surface area contributed by atoms with Crippen molar-refractivity contribution in [2.75, 3.05) is 0 Å². The number of hydrogen-bond donors (Lipinski definition) is 1. The summed E-state index contributed by atoms with van der Waals surface area (Å²) >= 11 is 0. The van der Waals surface area contributed by atoms with Gasteiger partial charge < -0.3 is 9.72 Å². The van der Waals surface area contributed by atoms with Gasteiger partial charge in [0, 0.05) is 12.1 Å². The van der Waals surface area contributed by atoms with Crippen LogP contribution in [-0.2, 0) is 24.2 Å². The molecule has 0 spiro atoms. The Balaban J connectivity index is 1.58. The van der Waals surface area contributed by atoms with Gasteiger partial charge in [-0.15, -0.1) is 0 Å². The zero-order valence-electron chi connectivity index (χ0n) is 16.9. The van der Waals surface area contributed by atoms with Crippen LogP contribution in [0.15, 0.2) is 72.8 Å². The van der Waals surface area contributed by atoms with Crippen LogP contribution in [0, 0.1) is 6.92 Å². The fourth-order valence-electron chi connectivity index (χ4n) is 3.95. The molecular weight excluding hydrogens is 358 g/mol. The average molecular weight is 383 g/mol. The molecule has 2 aromatic rings. The molecule has 146 valence electrons. The Hall–Kier alpha value is -3.33. The molecule has 29 heavy (non-hydrogen) atoms. The van der Waals surface area contributed by atoms with Gasteiger partial charge in [0.2, 0.25) is 0 Å². The third-order valence-corrected chi connectivity index (χ3v) is 5.49. The molecule has 3 heteroatoms. The highest BCUT2D eigenvalue weighted by Crippen LogP contribution is 2.30. The second-order valence-electron chi connectivity index (χ2n) is 7.31. The van der Waals surface area contributed by atoms with Gasteiger partial charge in [0.15, 0.2) is 0 Å². The molecule has 0 fully saturated rings. The fourth-order valence-corrected chi connectivity index (χ4v) is 3.95. The van der Waals surface area contributed by atoms with Crippen molar-refractivity contribution >= 4 is 5.97 Å². The van der Waals surface area contributed by atoms with Gasteiger partial charge in [0.05, 0.1) is 0 Å². The molecule has 0 saturated heterocycles. The number of H-pyrrole nitrogens is 1. The summed E-state index contributed by atoms with van der Waals surface area (Å²) in [7, 11) is 0. The largest absolute Gasteiger partial charge is 0.456 e. The monoisotopic (exact) mass is 383 g/mol. The smallest absolute Gasteiger partial charge is 0.355 e. The highest BCUT2D eigenvalue weighted by molar-refractivity contribution is 5.90. The molecule has 0 atom stereocenters. The number of nitrogens with one attached hydrogen (secondary N) is 1. The summed E-state index contributed by atoms with van der Waals surface area (Å²) in [6, 6.07) is 24.5. The second kappa shape index (κ2) is 8.36. The van der Waals surface area contributed by atoms with Gasteiger partial charge in [-0.25, -0.2) is 4.79 Å². The quantitative estimate of drug-likeness (QED) is 0.419. The summed E-state index contributed by atoms with van der Waals surface area (Å²) in [4.78, 5) is 16.1. The molecule has 1 aromatic carbocycles. The summed E-state index contributed by atoms with van der Waals surface area (Å²) in [5, 5.41) is 0. The number of aromatic amines is 1. The van der Waals surface area contributed by atoms with Crippen molar-refractivity contribution in [1.29, 1.82) is 0 Å². The van der Waals surface area contributed by atoms with E-state index >= 15 is 0 Å². The number of aromatic nitrogens is 1. The van der Waals surface area contributed by atoms with Crippen molar-refractivity contribution < 1.29 is 9.53 Å². The van der Waals surface area contributed by atoms with Crippen molar-refractivity contribution in [2.24, 2.45) is 0 Å². The average Bonchev–Trinajstić information content (AvgIpc) is 3.16. The molecule has 1 heterocycles. The number of benzene rings is 1. The Labute approximate surface area is 171 Å². The first-order chi connectivity index (χ1) is 14.2. The van der Waals surface area contributed by atoms with Crippen LogP contribution in [0.4, 0.5) is 0 Å². The molecule has 2 aliphatic rings. The van der Waals surface area contributed by atoms with Crippen LogP contribution in [0.1, 0.15) is 45.4 Å². The van der Waals surface area contributed by atoms with E-state index in [1.54, 1.807) is 0 Å². The maximum Gasteiger partial charge on any atom is 0.355 e. The topological polar surface area (TPSA) is 42.1 Å². The lowest BCUT2D eigenvalue weighted by Gasteiger charge is -2.04. The Morgan fingerprint density at radius 1 is 0.931 bits per heavy atom. The normalized spacial score (nSPS) is 11.0. The van der Waals surface area contributed by atoms with Crippen molar-refractivity contribution in [3.63, 3.8) is 0 Å². The first-order valence-electron chi connectivity index (χ1n) is 10.1. The van der Waals surface area contributed by atoms with Crippen molar-refractivity contribution in [2.45, 2.75) is 33.3 Å². The summed E-state index contributed by atoms with van der Waals surface area (Å²) < 4.78 is 5.56. The highest BCUT2D eigenvalue weighted by atomic mass is 16.5. The maximum absolute atomic E-state index is 12.7. The van der Waals surface area contributed by atoms with Gasteiger partial charge in [-0.3, -0.25) is 0 Å². The molecule has 0 aliphatic heterocycles. The SMILES string of the molecule is CCc1c(Cc2ccc3cccccc2-3)[nH]c(C(=O)OCc2ccccc2)c1C. The minimum absolute atomic E-state index is 0.277. The number of esters is 1. The molecular formula is C26H25NO2. The van der Waals surface area contributed by atoms with Crippen LogP contribution in [0.2, 0.25) is 0 Å². The van der Waals surface area contributed by atoms with Crippen molar-refractivity contribution in [1.82, 2.24) is 4.98 Å².